The van der Waals surface area contributed by atoms with Gasteiger partial charge in [0.1, 0.15) is 0 Å². The van der Waals surface area contributed by atoms with Crippen LogP contribution in [0.1, 0.15) is 24.8 Å². The van der Waals surface area contributed by atoms with Gasteiger partial charge in [-0.1, -0.05) is 30.3 Å². The predicted octanol–water partition coefficient (Wildman–Crippen LogP) is 0.947. The maximum atomic E-state index is 12.6. The highest BCUT2D eigenvalue weighted by Crippen LogP contribution is 2.28. The Kier molecular flexibility index (Phi) is 4.96. The molecule has 0 radical (unpaired) electrons. The number of carbonyl (C=O) groups excluding carboxylic acids is 2. The van der Waals surface area contributed by atoms with Gasteiger partial charge in [-0.2, -0.15) is 0 Å². The minimum atomic E-state index is -0.315. The molecule has 0 bridgehead atoms. The summed E-state index contributed by atoms with van der Waals surface area (Å²) < 4.78 is 0. The van der Waals surface area contributed by atoms with E-state index in [0.29, 0.717) is 13.0 Å². The summed E-state index contributed by atoms with van der Waals surface area (Å²) >= 11 is 0. The zero-order valence-electron chi connectivity index (χ0n) is 13.5. The second-order valence-electron chi connectivity index (χ2n) is 6.64. The van der Waals surface area contributed by atoms with Crippen LogP contribution in [0.4, 0.5) is 0 Å². The molecular weight excluding hydrogens is 290 g/mol. The Labute approximate surface area is 137 Å². The van der Waals surface area contributed by atoms with Gasteiger partial charge in [0.15, 0.2) is 0 Å². The number of hydrogen-bond acceptors (Lipinski definition) is 3. The number of hydrogen-bond donors (Lipinski definition) is 2. The molecule has 1 aromatic carbocycles. The van der Waals surface area contributed by atoms with Gasteiger partial charge >= 0.3 is 0 Å². The number of carbonyl (C=O) groups is 2. The molecule has 1 aromatic rings. The van der Waals surface area contributed by atoms with Gasteiger partial charge in [-0.15, -0.1) is 0 Å². The van der Waals surface area contributed by atoms with Crippen molar-refractivity contribution in [1.29, 1.82) is 0 Å². The number of likely N-dealkylation sites (tertiary alicyclic amines) is 1. The smallest absolute Gasteiger partial charge is 0.229 e. The summed E-state index contributed by atoms with van der Waals surface area (Å²) in [6.07, 6.45) is 3.25. The summed E-state index contributed by atoms with van der Waals surface area (Å²) in [5.41, 5.74) is 0.886. The van der Waals surface area contributed by atoms with Crippen molar-refractivity contribution in [3.63, 3.8) is 0 Å². The van der Waals surface area contributed by atoms with E-state index < -0.39 is 0 Å². The fourth-order valence-corrected chi connectivity index (χ4v) is 3.38. The first kappa shape index (κ1) is 16.0. The lowest BCUT2D eigenvalue weighted by molar-refractivity contribution is -0.133. The minimum Gasteiger partial charge on any atom is -0.355 e. The molecule has 5 nitrogen and oxygen atoms in total. The summed E-state index contributed by atoms with van der Waals surface area (Å²) in [6, 6.07) is 10.2. The van der Waals surface area contributed by atoms with Crippen LogP contribution in [0.5, 0.6) is 0 Å². The first-order valence-corrected chi connectivity index (χ1v) is 8.50. The maximum Gasteiger partial charge on any atom is 0.229 e. The topological polar surface area (TPSA) is 61.4 Å². The van der Waals surface area contributed by atoms with E-state index in [0.717, 1.165) is 45.4 Å². The summed E-state index contributed by atoms with van der Waals surface area (Å²) in [4.78, 5) is 26.0. The van der Waals surface area contributed by atoms with Crippen LogP contribution in [0.25, 0.3) is 0 Å². The van der Waals surface area contributed by atoms with Gasteiger partial charge in [0.25, 0.3) is 0 Å². The highest BCUT2D eigenvalue weighted by Gasteiger charge is 2.43. The Hall–Kier alpha value is -1.88. The van der Waals surface area contributed by atoms with Gasteiger partial charge in [-0.3, -0.25) is 9.59 Å². The lowest BCUT2D eigenvalue weighted by Crippen LogP contribution is -2.62. The molecule has 124 valence electrons. The third-order valence-electron chi connectivity index (χ3n) is 4.86. The van der Waals surface area contributed by atoms with E-state index in [4.69, 9.17) is 0 Å². The number of nitrogens with one attached hydrogen (secondary N) is 2. The van der Waals surface area contributed by atoms with Crippen LogP contribution in [-0.2, 0) is 16.0 Å². The van der Waals surface area contributed by atoms with Crippen molar-refractivity contribution in [1.82, 2.24) is 15.5 Å². The van der Waals surface area contributed by atoms with Crippen molar-refractivity contribution in [2.45, 2.75) is 25.7 Å². The molecular formula is C18H25N3O2. The van der Waals surface area contributed by atoms with Crippen molar-refractivity contribution in [3.05, 3.63) is 35.9 Å². The van der Waals surface area contributed by atoms with E-state index in [9.17, 15) is 9.59 Å². The second-order valence-corrected chi connectivity index (χ2v) is 6.64. The average molecular weight is 315 g/mol. The summed E-state index contributed by atoms with van der Waals surface area (Å²) in [7, 11) is 0. The standard InChI is InChI=1S/C18H25N3O2/c22-16-8-4-10-21(16)11-5-9-20-17(23)18(13-19-14-18)12-15-6-2-1-3-7-15/h1-3,6-7,19H,4-5,8-14H2,(H,20,23). The van der Waals surface area contributed by atoms with Crippen molar-refractivity contribution in [2.24, 2.45) is 5.41 Å². The summed E-state index contributed by atoms with van der Waals surface area (Å²) in [6.45, 7) is 3.73. The van der Waals surface area contributed by atoms with E-state index in [1.807, 2.05) is 23.1 Å². The zero-order valence-corrected chi connectivity index (χ0v) is 13.5. The molecule has 23 heavy (non-hydrogen) atoms. The Morgan fingerprint density at radius 1 is 1.26 bits per heavy atom. The normalized spacial score (nSPS) is 19.5. The molecule has 2 aliphatic rings. The van der Waals surface area contributed by atoms with Crippen molar-refractivity contribution >= 4 is 11.8 Å². The van der Waals surface area contributed by atoms with Gasteiger partial charge in [-0.25, -0.2) is 0 Å². The zero-order chi connectivity index (χ0) is 16.1. The maximum absolute atomic E-state index is 12.6. The number of benzene rings is 1. The highest BCUT2D eigenvalue weighted by molar-refractivity contribution is 5.84. The molecule has 5 heteroatoms. The second kappa shape index (κ2) is 7.13. The Bertz CT molecular complexity index is 555. The molecule has 0 aromatic heterocycles. The van der Waals surface area contributed by atoms with E-state index in [1.165, 1.54) is 5.56 Å². The lowest BCUT2D eigenvalue weighted by atomic mass is 9.75. The molecule has 2 amide bonds. The third-order valence-corrected chi connectivity index (χ3v) is 4.86. The summed E-state index contributed by atoms with van der Waals surface area (Å²) in [5, 5.41) is 6.30. The van der Waals surface area contributed by atoms with E-state index >= 15 is 0 Å². The first-order chi connectivity index (χ1) is 11.2. The van der Waals surface area contributed by atoms with Gasteiger partial charge < -0.3 is 15.5 Å². The first-order valence-electron chi connectivity index (χ1n) is 8.50. The molecule has 0 unspecified atom stereocenters. The van der Waals surface area contributed by atoms with Crippen molar-refractivity contribution in [2.75, 3.05) is 32.7 Å². The largest absolute Gasteiger partial charge is 0.355 e. The molecule has 2 saturated heterocycles. The van der Waals surface area contributed by atoms with Crippen molar-refractivity contribution in [3.8, 4) is 0 Å². The molecule has 0 atom stereocenters. The fraction of sp³-hybridized carbons (Fsp3) is 0.556. The quantitative estimate of drug-likeness (QED) is 0.737. The lowest BCUT2D eigenvalue weighted by Gasteiger charge is -2.41. The molecule has 2 fully saturated rings. The third kappa shape index (κ3) is 3.72. The highest BCUT2D eigenvalue weighted by atomic mass is 16.2. The van der Waals surface area contributed by atoms with Crippen LogP contribution in [-0.4, -0.2) is 49.4 Å². The molecule has 0 saturated carbocycles. The van der Waals surface area contributed by atoms with Crippen LogP contribution in [0.2, 0.25) is 0 Å². The van der Waals surface area contributed by atoms with Crippen LogP contribution in [0.3, 0.4) is 0 Å². The number of amides is 2. The van der Waals surface area contributed by atoms with E-state index in [2.05, 4.69) is 22.8 Å². The Morgan fingerprint density at radius 2 is 2.04 bits per heavy atom. The molecule has 2 heterocycles. The molecule has 2 N–H and O–H groups in total. The Balaban J connectivity index is 1.45. The van der Waals surface area contributed by atoms with E-state index in [1.54, 1.807) is 0 Å². The van der Waals surface area contributed by atoms with Crippen LogP contribution in [0, 0.1) is 5.41 Å². The van der Waals surface area contributed by atoms with Gasteiger partial charge in [-0.05, 0) is 24.8 Å². The van der Waals surface area contributed by atoms with Crippen LogP contribution < -0.4 is 10.6 Å². The SMILES string of the molecule is O=C1CCCN1CCCNC(=O)C1(Cc2ccccc2)CNC1. The van der Waals surface area contributed by atoms with Gasteiger partial charge in [0.05, 0.1) is 5.41 Å². The fourth-order valence-electron chi connectivity index (χ4n) is 3.38. The monoisotopic (exact) mass is 315 g/mol. The molecule has 0 aliphatic carbocycles. The van der Waals surface area contributed by atoms with Crippen LogP contribution >= 0.6 is 0 Å². The van der Waals surface area contributed by atoms with E-state index in [-0.39, 0.29) is 17.2 Å². The Morgan fingerprint density at radius 3 is 2.65 bits per heavy atom. The molecule has 2 aliphatic heterocycles. The minimum absolute atomic E-state index is 0.132. The van der Waals surface area contributed by atoms with Gasteiger partial charge in [0, 0.05) is 39.1 Å². The van der Waals surface area contributed by atoms with Crippen LogP contribution in [0.15, 0.2) is 30.3 Å². The molecule has 0 spiro atoms. The predicted molar refractivity (Wildman–Crippen MR) is 88.9 cm³/mol. The molecule has 3 rings (SSSR count). The van der Waals surface area contributed by atoms with Gasteiger partial charge in [0.2, 0.25) is 11.8 Å². The number of nitrogens with zero attached hydrogens (tertiary/aromatic N) is 1. The summed E-state index contributed by atoms with van der Waals surface area (Å²) in [5.74, 6) is 0.382. The van der Waals surface area contributed by atoms with Crippen molar-refractivity contribution < 1.29 is 9.59 Å². The average Bonchev–Trinajstić information content (AvgIpc) is 2.93. The number of rotatable bonds is 7.